The monoisotopic (exact) mass is 198 g/mol. The first kappa shape index (κ1) is 10.4. The summed E-state index contributed by atoms with van der Waals surface area (Å²) in [6, 6.07) is 0. The summed E-state index contributed by atoms with van der Waals surface area (Å²) in [7, 11) is 1.38. The van der Waals surface area contributed by atoms with Crippen LogP contribution in [0.2, 0.25) is 0 Å². The van der Waals surface area contributed by atoms with Crippen molar-refractivity contribution in [3.05, 3.63) is 0 Å². The van der Waals surface area contributed by atoms with Crippen LogP contribution in [0.5, 0.6) is 0 Å². The summed E-state index contributed by atoms with van der Waals surface area (Å²) in [5.74, 6) is -3.37. The zero-order valence-corrected chi connectivity index (χ0v) is 8.07. The first-order valence-corrected chi connectivity index (χ1v) is 3.93. The Balaban J connectivity index is 3.19. The Morgan fingerprint density at radius 3 is 2.29 bits per heavy atom. The maximum atomic E-state index is 11.5. The lowest BCUT2D eigenvalue weighted by molar-refractivity contribution is -0.155. The predicted octanol–water partition coefficient (Wildman–Crippen LogP) is -0.506. The largest absolute Gasteiger partial charge is 0.475 e. The summed E-state index contributed by atoms with van der Waals surface area (Å²) in [5.41, 5.74) is -1.43. The van der Waals surface area contributed by atoms with Crippen LogP contribution < -0.4 is 0 Å². The number of Topliss-reactive ketones (excluding diaryl/α,β-unsaturated/α-hetero) is 1. The van der Waals surface area contributed by atoms with Gasteiger partial charge in [-0.2, -0.15) is 5.10 Å². The number of carboxylic acids is 1. The molecule has 1 unspecified atom stereocenters. The van der Waals surface area contributed by atoms with Crippen molar-refractivity contribution < 1.29 is 19.5 Å². The van der Waals surface area contributed by atoms with Gasteiger partial charge in [-0.15, -0.1) is 0 Å². The quantitative estimate of drug-likeness (QED) is 0.478. The highest BCUT2D eigenvalue weighted by Crippen LogP contribution is 2.28. The fourth-order valence-corrected chi connectivity index (χ4v) is 1.32. The van der Waals surface area contributed by atoms with E-state index in [1.807, 2.05) is 0 Å². The molecule has 6 heteroatoms. The molecular formula is C8H10N2O4. The van der Waals surface area contributed by atoms with Crippen LogP contribution in [0.3, 0.4) is 0 Å². The van der Waals surface area contributed by atoms with Crippen LogP contribution in [0.4, 0.5) is 0 Å². The molecule has 0 spiro atoms. The molecule has 1 amide bonds. The number of ketones is 1. The first-order valence-electron chi connectivity index (χ1n) is 3.93. The number of hydrazone groups is 1. The van der Waals surface area contributed by atoms with Crippen LogP contribution >= 0.6 is 0 Å². The van der Waals surface area contributed by atoms with Crippen LogP contribution in [-0.2, 0) is 14.4 Å². The Hall–Kier alpha value is -1.72. The number of amides is 1. The molecule has 1 N–H and O–H groups in total. The number of carbonyl (C=O) groups excluding carboxylic acids is 2. The van der Waals surface area contributed by atoms with Crippen molar-refractivity contribution in [2.24, 2.45) is 10.5 Å². The number of carboxylic acid groups (broad SMARTS) is 1. The van der Waals surface area contributed by atoms with E-state index < -0.39 is 23.1 Å². The van der Waals surface area contributed by atoms with Crippen molar-refractivity contribution in [1.29, 1.82) is 0 Å². The Morgan fingerprint density at radius 2 is 2.00 bits per heavy atom. The third-order valence-corrected chi connectivity index (χ3v) is 2.39. The lowest BCUT2D eigenvalue weighted by atomic mass is 9.81. The standard InChI is InChI=1S/C8H10N2O4/c1-4-8(2,5(11)6(12)13)7(14)10(3)9-4/h1-3H3,(H,12,13). The molecule has 0 bridgehead atoms. The van der Waals surface area contributed by atoms with Gasteiger partial charge >= 0.3 is 5.97 Å². The highest BCUT2D eigenvalue weighted by atomic mass is 16.4. The molecule has 76 valence electrons. The molecule has 1 aliphatic rings. The van der Waals surface area contributed by atoms with E-state index in [0.717, 1.165) is 5.01 Å². The van der Waals surface area contributed by atoms with E-state index in [4.69, 9.17) is 5.11 Å². The van der Waals surface area contributed by atoms with Gasteiger partial charge in [0, 0.05) is 7.05 Å². The number of carbonyl (C=O) groups is 3. The van der Waals surface area contributed by atoms with Gasteiger partial charge in [-0.05, 0) is 13.8 Å². The second-order valence-corrected chi connectivity index (χ2v) is 3.27. The van der Waals surface area contributed by atoms with Crippen LogP contribution in [-0.4, -0.2) is 40.5 Å². The summed E-state index contributed by atoms with van der Waals surface area (Å²) in [6.45, 7) is 2.73. The average molecular weight is 198 g/mol. The zero-order valence-electron chi connectivity index (χ0n) is 8.07. The van der Waals surface area contributed by atoms with Crippen LogP contribution in [0.25, 0.3) is 0 Å². The van der Waals surface area contributed by atoms with Gasteiger partial charge in [0.25, 0.3) is 11.7 Å². The Morgan fingerprint density at radius 1 is 1.50 bits per heavy atom. The summed E-state index contributed by atoms with van der Waals surface area (Å²) in [5, 5.41) is 13.3. The smallest absolute Gasteiger partial charge is 0.373 e. The number of nitrogens with zero attached hydrogens (tertiary/aromatic N) is 2. The van der Waals surface area contributed by atoms with E-state index >= 15 is 0 Å². The third kappa shape index (κ3) is 1.11. The summed E-state index contributed by atoms with van der Waals surface area (Å²) in [6.07, 6.45) is 0. The van der Waals surface area contributed by atoms with Gasteiger partial charge in [-0.1, -0.05) is 0 Å². The molecule has 0 radical (unpaired) electrons. The minimum absolute atomic E-state index is 0.206. The van der Waals surface area contributed by atoms with Crippen LogP contribution in [0.15, 0.2) is 5.10 Å². The maximum Gasteiger partial charge on any atom is 0.373 e. The van der Waals surface area contributed by atoms with Gasteiger partial charge in [0.05, 0.1) is 5.71 Å². The van der Waals surface area contributed by atoms with Crippen molar-refractivity contribution in [3.63, 3.8) is 0 Å². The fourth-order valence-electron chi connectivity index (χ4n) is 1.32. The molecule has 0 aromatic rings. The van der Waals surface area contributed by atoms with Gasteiger partial charge in [0.15, 0.2) is 5.41 Å². The second-order valence-electron chi connectivity index (χ2n) is 3.27. The van der Waals surface area contributed by atoms with E-state index in [1.54, 1.807) is 0 Å². The van der Waals surface area contributed by atoms with Gasteiger partial charge in [-0.3, -0.25) is 9.59 Å². The van der Waals surface area contributed by atoms with Gasteiger partial charge < -0.3 is 5.11 Å². The molecule has 1 atom stereocenters. The summed E-state index contributed by atoms with van der Waals surface area (Å²) in [4.78, 5) is 33.3. The van der Waals surface area contributed by atoms with Gasteiger partial charge in [-0.25, -0.2) is 9.80 Å². The van der Waals surface area contributed by atoms with E-state index in [9.17, 15) is 14.4 Å². The van der Waals surface area contributed by atoms with Crippen molar-refractivity contribution >= 4 is 23.4 Å². The highest BCUT2D eigenvalue weighted by Gasteiger charge is 2.52. The topological polar surface area (TPSA) is 87.0 Å². The molecule has 1 heterocycles. The molecule has 0 aliphatic carbocycles. The Kier molecular flexibility index (Phi) is 2.15. The van der Waals surface area contributed by atoms with Crippen molar-refractivity contribution in [1.82, 2.24) is 5.01 Å². The molecule has 1 rings (SSSR count). The van der Waals surface area contributed by atoms with E-state index in [1.165, 1.54) is 20.9 Å². The van der Waals surface area contributed by atoms with E-state index in [0.29, 0.717) is 0 Å². The Labute approximate surface area is 80.2 Å². The third-order valence-electron chi connectivity index (χ3n) is 2.39. The molecule has 0 aromatic heterocycles. The maximum absolute atomic E-state index is 11.5. The normalized spacial score (nSPS) is 26.4. The molecule has 6 nitrogen and oxygen atoms in total. The number of aliphatic carboxylic acids is 1. The molecule has 1 aliphatic heterocycles. The molecule has 0 saturated carbocycles. The van der Waals surface area contributed by atoms with Crippen LogP contribution in [0, 0.1) is 5.41 Å². The van der Waals surface area contributed by atoms with Crippen LogP contribution in [0.1, 0.15) is 13.8 Å². The summed E-state index contributed by atoms with van der Waals surface area (Å²) < 4.78 is 0. The predicted molar refractivity (Wildman–Crippen MR) is 46.6 cm³/mol. The molecule has 14 heavy (non-hydrogen) atoms. The van der Waals surface area contributed by atoms with E-state index in [2.05, 4.69) is 5.10 Å². The lowest BCUT2D eigenvalue weighted by Gasteiger charge is -2.17. The highest BCUT2D eigenvalue weighted by molar-refractivity contribution is 6.46. The van der Waals surface area contributed by atoms with Crippen molar-refractivity contribution in [2.75, 3.05) is 7.05 Å². The van der Waals surface area contributed by atoms with Gasteiger partial charge in [0.2, 0.25) is 0 Å². The van der Waals surface area contributed by atoms with E-state index in [-0.39, 0.29) is 5.71 Å². The zero-order chi connectivity index (χ0) is 11.1. The Bertz CT molecular complexity index is 360. The van der Waals surface area contributed by atoms with Crippen molar-refractivity contribution in [3.8, 4) is 0 Å². The minimum atomic E-state index is -1.64. The number of hydrogen-bond acceptors (Lipinski definition) is 4. The first-order chi connectivity index (χ1) is 6.31. The number of hydrogen-bond donors (Lipinski definition) is 1. The molecule has 0 saturated heterocycles. The number of rotatable bonds is 2. The summed E-state index contributed by atoms with van der Waals surface area (Å²) >= 11 is 0. The second kappa shape index (κ2) is 2.90. The van der Waals surface area contributed by atoms with Gasteiger partial charge in [0.1, 0.15) is 0 Å². The average Bonchev–Trinajstić information content (AvgIpc) is 2.30. The SMILES string of the molecule is CC1=NN(C)C(=O)C1(C)C(=O)C(=O)O. The molecule has 0 aromatic carbocycles. The lowest BCUT2D eigenvalue weighted by Crippen LogP contribution is -2.45. The fraction of sp³-hybridized carbons (Fsp3) is 0.500. The molecule has 0 fully saturated rings. The molecular weight excluding hydrogens is 188 g/mol. The van der Waals surface area contributed by atoms with Crippen molar-refractivity contribution in [2.45, 2.75) is 13.8 Å². The minimum Gasteiger partial charge on any atom is -0.475 e.